The van der Waals surface area contributed by atoms with Gasteiger partial charge >= 0.3 is 0 Å². The van der Waals surface area contributed by atoms with E-state index in [0.717, 1.165) is 43.1 Å². The number of likely N-dealkylation sites (tertiary alicyclic amines) is 1. The number of fused-ring (bicyclic) bond motifs is 1. The van der Waals surface area contributed by atoms with Gasteiger partial charge in [0, 0.05) is 23.9 Å². The molecule has 1 saturated carbocycles. The van der Waals surface area contributed by atoms with Crippen molar-refractivity contribution >= 4 is 16.7 Å². The lowest BCUT2D eigenvalue weighted by atomic mass is 9.68. The summed E-state index contributed by atoms with van der Waals surface area (Å²) in [4.78, 5) is 27.6. The standard InChI is InChI=1S/C31H30FN3O2/c1-20-6-9-22(10-7-20)23-12-14-31(15-13-23)16-17-35(31)30(37)26-18-21(8-11-27(26)32)19-28-24-4-2-3-5-25(24)29(36)34-33-28/h2-11,18,23H,12-17,19H2,1H3,(H,34,36). The molecule has 3 aromatic carbocycles. The van der Waals surface area contributed by atoms with Crippen molar-refractivity contribution < 1.29 is 9.18 Å². The Morgan fingerprint density at radius 2 is 1.76 bits per heavy atom. The second-order valence-corrected chi connectivity index (χ2v) is 10.7. The van der Waals surface area contributed by atoms with Crippen molar-refractivity contribution in [1.29, 1.82) is 0 Å². The van der Waals surface area contributed by atoms with E-state index < -0.39 is 5.82 Å². The molecule has 1 spiro atoms. The summed E-state index contributed by atoms with van der Waals surface area (Å²) in [6.45, 7) is 2.77. The molecule has 6 heteroatoms. The van der Waals surface area contributed by atoms with Crippen molar-refractivity contribution in [1.82, 2.24) is 15.1 Å². The quantitative estimate of drug-likeness (QED) is 0.383. The Hall–Kier alpha value is -3.80. The molecule has 0 radical (unpaired) electrons. The van der Waals surface area contributed by atoms with Gasteiger partial charge in [0.05, 0.1) is 16.6 Å². The van der Waals surface area contributed by atoms with E-state index in [2.05, 4.69) is 41.4 Å². The van der Waals surface area contributed by atoms with Crippen molar-refractivity contribution in [3.8, 4) is 0 Å². The lowest BCUT2D eigenvalue weighted by molar-refractivity contribution is -0.0265. The van der Waals surface area contributed by atoms with Crippen molar-refractivity contribution in [3.05, 3.63) is 111 Å². The number of aromatic amines is 1. The molecule has 0 bridgehead atoms. The molecule has 37 heavy (non-hydrogen) atoms. The fourth-order valence-electron chi connectivity index (χ4n) is 6.20. The summed E-state index contributed by atoms with van der Waals surface area (Å²) in [5, 5.41) is 8.11. The van der Waals surface area contributed by atoms with Crippen LogP contribution in [0.4, 0.5) is 4.39 Å². The Morgan fingerprint density at radius 3 is 2.46 bits per heavy atom. The van der Waals surface area contributed by atoms with Crippen LogP contribution in [0, 0.1) is 12.7 Å². The number of aromatic nitrogens is 2. The van der Waals surface area contributed by atoms with Crippen molar-refractivity contribution in [2.24, 2.45) is 0 Å². The monoisotopic (exact) mass is 495 g/mol. The van der Waals surface area contributed by atoms with Crippen LogP contribution in [0.25, 0.3) is 10.8 Å². The van der Waals surface area contributed by atoms with E-state index >= 15 is 0 Å². The predicted octanol–water partition coefficient (Wildman–Crippen LogP) is 5.90. The smallest absolute Gasteiger partial charge is 0.272 e. The zero-order valence-electron chi connectivity index (χ0n) is 21.0. The third-order valence-electron chi connectivity index (χ3n) is 8.49. The number of rotatable bonds is 4. The van der Waals surface area contributed by atoms with E-state index in [9.17, 15) is 14.0 Å². The number of amides is 1. The van der Waals surface area contributed by atoms with Crippen LogP contribution in [-0.4, -0.2) is 33.1 Å². The van der Waals surface area contributed by atoms with Gasteiger partial charge in [-0.3, -0.25) is 9.59 Å². The lowest BCUT2D eigenvalue weighted by Crippen LogP contribution is -2.63. The van der Waals surface area contributed by atoms with Gasteiger partial charge in [-0.2, -0.15) is 5.10 Å². The summed E-state index contributed by atoms with van der Waals surface area (Å²) < 4.78 is 14.9. The van der Waals surface area contributed by atoms with Crippen molar-refractivity contribution in [3.63, 3.8) is 0 Å². The minimum absolute atomic E-state index is 0.117. The molecule has 1 aliphatic heterocycles. The maximum atomic E-state index is 14.9. The third kappa shape index (κ3) is 4.24. The van der Waals surface area contributed by atoms with E-state index in [-0.39, 0.29) is 22.6 Å². The molecule has 1 aliphatic carbocycles. The maximum Gasteiger partial charge on any atom is 0.272 e. The van der Waals surface area contributed by atoms with E-state index in [1.165, 1.54) is 17.2 Å². The predicted molar refractivity (Wildman–Crippen MR) is 142 cm³/mol. The molecule has 2 heterocycles. The maximum absolute atomic E-state index is 14.9. The molecule has 188 valence electrons. The summed E-state index contributed by atoms with van der Waals surface area (Å²) in [7, 11) is 0. The highest BCUT2D eigenvalue weighted by Crippen LogP contribution is 2.48. The van der Waals surface area contributed by atoms with Crippen LogP contribution in [0.5, 0.6) is 0 Å². The highest BCUT2D eigenvalue weighted by Gasteiger charge is 2.49. The van der Waals surface area contributed by atoms with Crippen LogP contribution >= 0.6 is 0 Å². The van der Waals surface area contributed by atoms with Crippen LogP contribution < -0.4 is 5.56 Å². The van der Waals surface area contributed by atoms with E-state index in [4.69, 9.17) is 0 Å². The van der Waals surface area contributed by atoms with Crippen LogP contribution in [-0.2, 0) is 6.42 Å². The van der Waals surface area contributed by atoms with Crippen molar-refractivity contribution in [2.75, 3.05) is 6.54 Å². The van der Waals surface area contributed by atoms with E-state index in [1.807, 2.05) is 23.1 Å². The van der Waals surface area contributed by atoms with E-state index in [1.54, 1.807) is 18.2 Å². The second-order valence-electron chi connectivity index (χ2n) is 10.7. The molecular weight excluding hydrogens is 465 g/mol. The Kier molecular flexibility index (Phi) is 5.90. The zero-order chi connectivity index (χ0) is 25.6. The van der Waals surface area contributed by atoms with Gasteiger partial charge < -0.3 is 4.90 Å². The number of benzene rings is 3. The average Bonchev–Trinajstić information content (AvgIpc) is 2.91. The number of hydrogen-bond acceptors (Lipinski definition) is 3. The van der Waals surface area contributed by atoms with Crippen LogP contribution in [0.1, 0.15) is 70.8 Å². The molecule has 1 saturated heterocycles. The first kappa shape index (κ1) is 23.6. The SMILES string of the molecule is Cc1ccc(C2CCC3(CC2)CCN3C(=O)c2cc(Cc3n[nH]c(=O)c4ccccc34)ccc2F)cc1. The van der Waals surface area contributed by atoms with Crippen LogP contribution in [0.15, 0.2) is 71.5 Å². The third-order valence-corrected chi connectivity index (χ3v) is 8.49. The van der Waals surface area contributed by atoms with Gasteiger partial charge in [-0.25, -0.2) is 9.49 Å². The molecule has 1 amide bonds. The van der Waals surface area contributed by atoms with Gasteiger partial charge in [-0.05, 0) is 74.3 Å². The van der Waals surface area contributed by atoms with Gasteiger partial charge in [-0.1, -0.05) is 54.1 Å². The first-order chi connectivity index (χ1) is 17.9. The molecule has 1 N–H and O–H groups in total. The molecule has 4 aromatic rings. The summed E-state index contributed by atoms with van der Waals surface area (Å²) in [5.74, 6) is -0.203. The Bertz CT molecular complexity index is 1530. The number of carbonyl (C=O) groups excluding carboxylic acids is 1. The molecular formula is C31H30FN3O2. The number of nitrogens with zero attached hydrogens (tertiary/aromatic N) is 2. The fourth-order valence-corrected chi connectivity index (χ4v) is 6.20. The highest BCUT2D eigenvalue weighted by atomic mass is 19.1. The van der Waals surface area contributed by atoms with Gasteiger partial charge in [-0.15, -0.1) is 0 Å². The summed E-state index contributed by atoms with van der Waals surface area (Å²) in [6.07, 6.45) is 5.35. The van der Waals surface area contributed by atoms with E-state index in [0.29, 0.717) is 30.0 Å². The second kappa shape index (κ2) is 9.25. The number of aryl methyl sites for hydroxylation is 1. The van der Waals surface area contributed by atoms with Crippen LogP contribution in [0.2, 0.25) is 0 Å². The average molecular weight is 496 g/mol. The summed E-state index contributed by atoms with van der Waals surface area (Å²) in [6, 6.07) is 20.8. The summed E-state index contributed by atoms with van der Waals surface area (Å²) >= 11 is 0. The molecule has 1 aromatic heterocycles. The molecule has 0 atom stereocenters. The molecule has 2 aliphatic rings. The largest absolute Gasteiger partial charge is 0.333 e. The Morgan fingerprint density at radius 1 is 1.03 bits per heavy atom. The number of H-pyrrole nitrogens is 1. The Labute approximate surface area is 215 Å². The van der Waals surface area contributed by atoms with Crippen molar-refractivity contribution in [2.45, 2.75) is 56.9 Å². The number of halogens is 1. The lowest BCUT2D eigenvalue weighted by Gasteiger charge is -2.56. The number of nitrogens with one attached hydrogen (secondary N) is 1. The molecule has 5 nitrogen and oxygen atoms in total. The highest BCUT2D eigenvalue weighted by molar-refractivity contribution is 5.96. The first-order valence-corrected chi connectivity index (χ1v) is 13.1. The normalized spacial score (nSPS) is 21.2. The topological polar surface area (TPSA) is 66.1 Å². The molecule has 2 fully saturated rings. The van der Waals surface area contributed by atoms with Gasteiger partial charge in [0.15, 0.2) is 0 Å². The number of hydrogen-bond donors (Lipinski definition) is 1. The number of carbonyl (C=O) groups is 1. The Balaban J connectivity index is 1.21. The summed E-state index contributed by atoms with van der Waals surface area (Å²) in [5.41, 5.74) is 3.83. The zero-order valence-corrected chi connectivity index (χ0v) is 21.0. The molecule has 0 unspecified atom stereocenters. The van der Waals surface area contributed by atoms with Crippen LogP contribution in [0.3, 0.4) is 0 Å². The van der Waals surface area contributed by atoms with Gasteiger partial charge in [0.25, 0.3) is 11.5 Å². The first-order valence-electron chi connectivity index (χ1n) is 13.1. The minimum Gasteiger partial charge on any atom is -0.333 e. The minimum atomic E-state index is -0.497. The van der Waals surface area contributed by atoms with Gasteiger partial charge in [0.2, 0.25) is 0 Å². The molecule has 6 rings (SSSR count). The fraction of sp³-hybridized carbons (Fsp3) is 0.323. The van der Waals surface area contributed by atoms with Gasteiger partial charge in [0.1, 0.15) is 5.82 Å².